The van der Waals surface area contributed by atoms with Crippen LogP contribution in [0, 0.1) is 22.0 Å². The Kier molecular flexibility index (Phi) is 5.18. The highest BCUT2D eigenvalue weighted by Gasteiger charge is 2.68. The van der Waals surface area contributed by atoms with Gasteiger partial charge in [0.25, 0.3) is 5.69 Å². The van der Waals surface area contributed by atoms with Gasteiger partial charge in [-0.3, -0.25) is 24.7 Å². The molecule has 4 aromatic carbocycles. The van der Waals surface area contributed by atoms with Crippen LogP contribution in [-0.4, -0.2) is 23.0 Å². The summed E-state index contributed by atoms with van der Waals surface area (Å²) in [5, 5.41) is 11.9. The summed E-state index contributed by atoms with van der Waals surface area (Å²) in [6, 6.07) is 29.3. The van der Waals surface area contributed by atoms with E-state index in [0.29, 0.717) is 5.69 Å². The molecule has 4 aromatic rings. The predicted octanol–water partition coefficient (Wildman–Crippen LogP) is 6.31. The second-order valence-corrected chi connectivity index (χ2v) is 10.9. The Labute approximate surface area is 232 Å². The third-order valence-corrected chi connectivity index (χ3v) is 8.72. The van der Waals surface area contributed by atoms with E-state index in [4.69, 9.17) is 4.99 Å². The summed E-state index contributed by atoms with van der Waals surface area (Å²) in [5.74, 6) is -2.76. The zero-order valence-electron chi connectivity index (χ0n) is 20.4. The maximum Gasteiger partial charge on any atom is 0.293 e. The molecule has 8 heteroatoms. The number of hydrogen-bond acceptors (Lipinski definition) is 5. The van der Waals surface area contributed by atoms with E-state index in [0.717, 1.165) is 31.6 Å². The number of carbonyl (C=O) groups excluding carboxylic acids is 2. The zero-order valence-corrected chi connectivity index (χ0v) is 22.0. The first-order valence-corrected chi connectivity index (χ1v) is 13.3. The molecule has 0 spiro atoms. The van der Waals surface area contributed by atoms with E-state index >= 15 is 0 Å². The molecule has 0 saturated carbocycles. The number of nitro benzene ring substituents is 1. The van der Waals surface area contributed by atoms with Gasteiger partial charge in [0, 0.05) is 22.7 Å². The van der Waals surface area contributed by atoms with Crippen molar-refractivity contribution in [2.75, 3.05) is 4.90 Å². The topological polar surface area (TPSA) is 92.9 Å². The van der Waals surface area contributed by atoms with Crippen LogP contribution in [0.15, 0.2) is 107 Å². The van der Waals surface area contributed by atoms with E-state index in [1.165, 1.54) is 18.2 Å². The number of imide groups is 1. The van der Waals surface area contributed by atoms with E-state index < -0.39 is 34.0 Å². The Hall–Kier alpha value is -4.43. The fourth-order valence-electron chi connectivity index (χ4n) is 6.83. The molecule has 0 aromatic heterocycles. The first-order valence-electron chi connectivity index (χ1n) is 12.5. The molecule has 8 rings (SSSR count). The Balaban J connectivity index is 1.51. The molecule has 2 amide bonds. The second kappa shape index (κ2) is 8.54. The first kappa shape index (κ1) is 23.7. The monoisotopic (exact) mass is 577 g/mol. The lowest BCUT2D eigenvalue weighted by atomic mass is 9.47. The molecular formula is C31H20BrN3O4. The van der Waals surface area contributed by atoms with Crippen molar-refractivity contribution in [3.05, 3.63) is 134 Å². The van der Waals surface area contributed by atoms with Crippen LogP contribution in [-0.2, 0) is 15.0 Å². The molecule has 1 heterocycles. The van der Waals surface area contributed by atoms with Crippen LogP contribution < -0.4 is 4.90 Å². The lowest BCUT2D eigenvalue weighted by Gasteiger charge is -2.52. The molecule has 39 heavy (non-hydrogen) atoms. The van der Waals surface area contributed by atoms with Gasteiger partial charge in [0.15, 0.2) is 0 Å². The fraction of sp³-hybridized carbons (Fsp3) is 0.129. The second-order valence-electron chi connectivity index (χ2n) is 10.0. The van der Waals surface area contributed by atoms with Crippen LogP contribution in [0.2, 0.25) is 0 Å². The van der Waals surface area contributed by atoms with Crippen LogP contribution in [0.3, 0.4) is 0 Å². The third-order valence-electron chi connectivity index (χ3n) is 8.23. The van der Waals surface area contributed by atoms with Crippen molar-refractivity contribution in [3.8, 4) is 0 Å². The number of carbonyl (C=O) groups is 2. The molecule has 4 aliphatic rings. The molecule has 0 unspecified atom stereocenters. The summed E-state index contributed by atoms with van der Waals surface area (Å²) < 4.78 is 0.871. The highest BCUT2D eigenvalue weighted by atomic mass is 79.9. The molecule has 2 bridgehead atoms. The summed E-state index contributed by atoms with van der Waals surface area (Å²) in [4.78, 5) is 45.9. The van der Waals surface area contributed by atoms with Crippen LogP contribution in [0.4, 0.5) is 17.1 Å². The summed E-state index contributed by atoms with van der Waals surface area (Å²) in [6.07, 6.45) is 1.81. The average Bonchev–Trinajstić information content (AvgIpc) is 3.22. The van der Waals surface area contributed by atoms with E-state index in [2.05, 4.69) is 15.9 Å². The van der Waals surface area contributed by atoms with Gasteiger partial charge in [-0.25, -0.2) is 4.90 Å². The largest absolute Gasteiger partial charge is 0.293 e. The van der Waals surface area contributed by atoms with Gasteiger partial charge in [0.2, 0.25) is 11.8 Å². The van der Waals surface area contributed by atoms with Crippen molar-refractivity contribution in [2.45, 2.75) is 11.3 Å². The fourth-order valence-corrected chi connectivity index (χ4v) is 7.21. The van der Waals surface area contributed by atoms with Crippen molar-refractivity contribution in [2.24, 2.45) is 16.8 Å². The number of halogens is 1. The number of nitro groups is 1. The van der Waals surface area contributed by atoms with E-state index in [1.807, 2.05) is 79.0 Å². The van der Waals surface area contributed by atoms with Gasteiger partial charge in [0.05, 0.1) is 27.9 Å². The maximum atomic E-state index is 14.4. The molecular weight excluding hydrogens is 558 g/mol. The summed E-state index contributed by atoms with van der Waals surface area (Å²) in [7, 11) is 0. The number of benzene rings is 4. The molecule has 1 fully saturated rings. The number of hydrogen-bond donors (Lipinski definition) is 0. The number of amides is 2. The quantitative estimate of drug-likeness (QED) is 0.123. The molecule has 0 N–H and O–H groups in total. The molecule has 1 saturated heterocycles. The van der Waals surface area contributed by atoms with E-state index in [-0.39, 0.29) is 17.3 Å². The van der Waals surface area contributed by atoms with Gasteiger partial charge in [-0.15, -0.1) is 0 Å². The van der Waals surface area contributed by atoms with Crippen molar-refractivity contribution in [1.82, 2.24) is 0 Å². The van der Waals surface area contributed by atoms with Crippen LogP contribution in [0.25, 0.3) is 0 Å². The third kappa shape index (κ3) is 3.18. The first-order chi connectivity index (χ1) is 18.9. The van der Waals surface area contributed by atoms with Gasteiger partial charge in [-0.2, -0.15) is 0 Å². The van der Waals surface area contributed by atoms with Crippen LogP contribution in [0.5, 0.6) is 0 Å². The lowest BCUT2D eigenvalue weighted by Crippen LogP contribution is -2.54. The minimum absolute atomic E-state index is 0.00140. The van der Waals surface area contributed by atoms with Gasteiger partial charge in [-0.1, -0.05) is 82.7 Å². The van der Waals surface area contributed by atoms with Crippen molar-refractivity contribution in [3.63, 3.8) is 0 Å². The average molecular weight is 578 g/mol. The molecule has 7 nitrogen and oxygen atoms in total. The Bertz CT molecular complexity index is 1700. The SMILES string of the molecule is O=C1[C@@H]2C3c4ccccc4C(C=Nc4cccc(Br)c4)(c4ccccc43)[C@H]2C(=O)N1c1ccccc1[N+](=O)[O-]. The van der Waals surface area contributed by atoms with Crippen molar-refractivity contribution in [1.29, 1.82) is 0 Å². The molecule has 0 radical (unpaired) electrons. The Morgan fingerprint density at radius 1 is 0.846 bits per heavy atom. The van der Waals surface area contributed by atoms with Crippen LogP contribution in [0.1, 0.15) is 28.2 Å². The van der Waals surface area contributed by atoms with Gasteiger partial charge in [0.1, 0.15) is 5.69 Å². The lowest BCUT2D eigenvalue weighted by molar-refractivity contribution is -0.384. The predicted molar refractivity (Wildman–Crippen MR) is 150 cm³/mol. The standard InChI is InChI=1S/C31H20BrN3O4/c32-18-8-7-9-19(16-18)33-17-31-22-12-3-1-10-20(22)26(21-11-2-4-13-23(21)31)27-28(31)30(37)34(29(27)36)24-14-5-6-15-25(24)35(38)39/h1-17,26-28H/t26?,27-,28-,31?/m1/s1. The highest BCUT2D eigenvalue weighted by Crippen LogP contribution is 2.64. The van der Waals surface area contributed by atoms with E-state index in [9.17, 15) is 19.7 Å². The zero-order chi connectivity index (χ0) is 26.9. The number of anilines is 1. The smallest absolute Gasteiger partial charge is 0.274 e. The number of nitrogens with zero attached hydrogens (tertiary/aromatic N) is 3. The van der Waals surface area contributed by atoms with Crippen LogP contribution >= 0.6 is 15.9 Å². The molecule has 3 aliphatic carbocycles. The van der Waals surface area contributed by atoms with Crippen molar-refractivity contribution >= 4 is 51.0 Å². The minimum Gasteiger partial charge on any atom is -0.274 e. The van der Waals surface area contributed by atoms with E-state index in [1.54, 1.807) is 6.07 Å². The summed E-state index contributed by atoms with van der Waals surface area (Å²) in [5.41, 5.74) is 3.19. The molecule has 190 valence electrons. The minimum atomic E-state index is -1.04. The van der Waals surface area contributed by atoms with Gasteiger partial charge in [-0.05, 0) is 46.5 Å². The highest BCUT2D eigenvalue weighted by molar-refractivity contribution is 9.10. The normalized spacial score (nSPS) is 24.5. The van der Waals surface area contributed by atoms with Crippen molar-refractivity contribution < 1.29 is 14.5 Å². The Morgan fingerprint density at radius 2 is 1.49 bits per heavy atom. The van der Waals surface area contributed by atoms with Gasteiger partial charge < -0.3 is 0 Å². The summed E-state index contributed by atoms with van der Waals surface area (Å²) >= 11 is 3.50. The molecule has 2 atom stereocenters. The Morgan fingerprint density at radius 3 is 2.15 bits per heavy atom. The molecule has 1 aliphatic heterocycles. The van der Waals surface area contributed by atoms with Gasteiger partial charge >= 0.3 is 0 Å². The summed E-state index contributed by atoms with van der Waals surface area (Å²) in [6.45, 7) is 0. The maximum absolute atomic E-state index is 14.4. The number of rotatable bonds is 4. The number of para-hydroxylation sites is 2. The number of aliphatic imine (C=N–C) groups is 1.